The van der Waals surface area contributed by atoms with E-state index in [1.807, 2.05) is 44.2 Å². The number of nitrogens with zero attached hydrogens (tertiary/aromatic N) is 4. The third kappa shape index (κ3) is 22.5. The van der Waals surface area contributed by atoms with E-state index in [4.69, 9.17) is 14.2 Å². The molecule has 0 spiro atoms. The van der Waals surface area contributed by atoms with Crippen LogP contribution in [0.5, 0.6) is 0 Å². The van der Waals surface area contributed by atoms with E-state index in [0.29, 0.717) is 44.3 Å². The van der Waals surface area contributed by atoms with Gasteiger partial charge in [-0.15, -0.1) is 0 Å². The Hall–Kier alpha value is -8.30. The molecule has 0 unspecified atom stereocenters. The molecular formula is C65H96N10O17. The second-order valence-electron chi connectivity index (χ2n) is 24.3. The van der Waals surface area contributed by atoms with E-state index in [-0.39, 0.29) is 74.2 Å². The number of benzene rings is 2. The molecule has 0 bridgehead atoms. The number of nitrogens with one attached hydrogen (secondary N) is 6. The molecule has 27 nitrogen and oxygen atoms in total. The summed E-state index contributed by atoms with van der Waals surface area (Å²) in [6.45, 7) is 13.6. The number of carboxylic acid groups (broad SMARTS) is 1. The molecule has 92 heavy (non-hydrogen) atoms. The fraction of sp³-hybridized carbons (Fsp3) is 0.600. The zero-order chi connectivity index (χ0) is 68.5. The Morgan fingerprint density at radius 2 is 1.38 bits per heavy atom. The van der Waals surface area contributed by atoms with Crippen LogP contribution in [0, 0.1) is 23.7 Å². The van der Waals surface area contributed by atoms with Crippen molar-refractivity contribution in [1.82, 2.24) is 46.2 Å². The van der Waals surface area contributed by atoms with Crippen LogP contribution in [0.3, 0.4) is 0 Å². The van der Waals surface area contributed by atoms with E-state index in [9.17, 15) is 67.7 Å². The minimum Gasteiger partial charge on any atom is -0.481 e. The molecule has 2 heterocycles. The minimum absolute atomic E-state index is 0.0968. The second kappa shape index (κ2) is 37.3. The van der Waals surface area contributed by atoms with Crippen LogP contribution in [0.4, 0.5) is 10.5 Å². The molecule has 0 aromatic heterocycles. The van der Waals surface area contributed by atoms with Gasteiger partial charge in [0.2, 0.25) is 47.3 Å². The number of aliphatic hydroxyl groups excluding tert-OH is 1. The lowest BCUT2D eigenvalue weighted by Crippen LogP contribution is -2.60. The van der Waals surface area contributed by atoms with Gasteiger partial charge in [-0.1, -0.05) is 97.4 Å². The van der Waals surface area contributed by atoms with Crippen LogP contribution < -0.4 is 31.9 Å². The maximum absolute atomic E-state index is 14.6. The lowest BCUT2D eigenvalue weighted by molar-refractivity contribution is -0.148. The molecule has 11 atom stereocenters. The van der Waals surface area contributed by atoms with Crippen LogP contribution >= 0.6 is 0 Å². The van der Waals surface area contributed by atoms with Gasteiger partial charge in [0.05, 0.1) is 43.2 Å². The van der Waals surface area contributed by atoms with Crippen molar-refractivity contribution >= 4 is 76.8 Å². The number of ether oxygens (including phenoxy) is 3. The van der Waals surface area contributed by atoms with Crippen LogP contribution in [0.15, 0.2) is 66.7 Å². The molecule has 2 aromatic rings. The van der Waals surface area contributed by atoms with Gasteiger partial charge in [0.15, 0.2) is 0 Å². The fourth-order valence-corrected chi connectivity index (χ4v) is 11.1. The summed E-state index contributed by atoms with van der Waals surface area (Å²) in [5, 5.41) is 35.9. The molecule has 508 valence electrons. The molecule has 2 aromatic carbocycles. The van der Waals surface area contributed by atoms with Gasteiger partial charge >= 0.3 is 12.1 Å². The molecule has 2 aliphatic rings. The largest absolute Gasteiger partial charge is 0.481 e. The third-order valence-corrected chi connectivity index (χ3v) is 16.7. The van der Waals surface area contributed by atoms with Crippen molar-refractivity contribution in [3.63, 3.8) is 0 Å². The fourth-order valence-electron chi connectivity index (χ4n) is 11.1. The Morgan fingerprint density at radius 1 is 0.728 bits per heavy atom. The molecule has 1 saturated heterocycles. The summed E-state index contributed by atoms with van der Waals surface area (Å²) in [5.74, 6) is -8.51. The number of methoxy groups -OCH3 is 2. The molecular weight excluding hydrogens is 1190 g/mol. The van der Waals surface area contributed by atoms with E-state index in [1.54, 1.807) is 46.6 Å². The zero-order valence-corrected chi connectivity index (χ0v) is 55.1. The molecule has 0 radical (unpaired) electrons. The van der Waals surface area contributed by atoms with Gasteiger partial charge in [0, 0.05) is 78.6 Å². The van der Waals surface area contributed by atoms with Crippen molar-refractivity contribution in [1.29, 1.82) is 0 Å². The first-order valence-electron chi connectivity index (χ1n) is 31.4. The predicted molar refractivity (Wildman–Crippen MR) is 338 cm³/mol. The first-order valence-corrected chi connectivity index (χ1v) is 31.4. The number of carbonyl (C=O) groups excluding carboxylic acids is 11. The number of aliphatic hydroxyl groups is 1. The Balaban J connectivity index is 1.34. The highest BCUT2D eigenvalue weighted by Crippen LogP contribution is 2.30. The van der Waals surface area contributed by atoms with Gasteiger partial charge in [-0.05, 0) is 80.0 Å². The van der Waals surface area contributed by atoms with Crippen molar-refractivity contribution in [2.24, 2.45) is 23.7 Å². The molecule has 2 aliphatic heterocycles. The number of carbonyl (C=O) groups is 12. The Kier molecular flexibility index (Phi) is 30.9. The van der Waals surface area contributed by atoms with Crippen molar-refractivity contribution in [3.05, 3.63) is 77.9 Å². The SMILES string of the molecule is CC[C@H](C)[C@@H]([C@@H](CC(=O)N1CCC[C@H]1[C@H](OC)[C@@H](C)C(=O)NCCc1ccccc1)OC)N(C)C(=O)[C@@H](NC(=O)[C@H](CO)N(C)C(=O)OCc1ccc(NC(=O)[C@H](CCC(=O)O)NC(=O)[C@H](C)NC(=O)[C@@H](CC(C)C)NC(=O)CCN2C(=O)C=CC2=O)cc1)C(C)C. The number of hydrogen-bond donors (Lipinski definition) is 8. The van der Waals surface area contributed by atoms with E-state index in [2.05, 4.69) is 31.9 Å². The third-order valence-electron chi connectivity index (χ3n) is 16.7. The molecule has 0 aliphatic carbocycles. The number of rotatable bonds is 37. The Morgan fingerprint density at radius 3 is 1.96 bits per heavy atom. The summed E-state index contributed by atoms with van der Waals surface area (Å²) < 4.78 is 17.5. The highest BCUT2D eigenvalue weighted by Gasteiger charge is 2.44. The normalized spacial score (nSPS) is 17.1. The van der Waals surface area contributed by atoms with E-state index >= 15 is 0 Å². The molecule has 4 rings (SSSR count). The molecule has 0 saturated carbocycles. The second-order valence-corrected chi connectivity index (χ2v) is 24.3. The van der Waals surface area contributed by atoms with E-state index in [1.165, 1.54) is 57.4 Å². The van der Waals surface area contributed by atoms with Gasteiger partial charge in [-0.25, -0.2) is 4.79 Å². The van der Waals surface area contributed by atoms with Gasteiger partial charge in [-0.2, -0.15) is 0 Å². The van der Waals surface area contributed by atoms with Gasteiger partial charge in [-0.3, -0.25) is 62.5 Å². The average Bonchev–Trinajstić information content (AvgIpc) is 1.51. The van der Waals surface area contributed by atoms with Crippen molar-refractivity contribution < 1.29 is 82.0 Å². The Labute approximate surface area is 538 Å². The van der Waals surface area contributed by atoms with E-state index in [0.717, 1.165) is 27.5 Å². The highest BCUT2D eigenvalue weighted by atomic mass is 16.6. The maximum Gasteiger partial charge on any atom is 0.410 e. The molecule has 27 heteroatoms. The van der Waals surface area contributed by atoms with Crippen molar-refractivity contribution in [2.75, 3.05) is 59.9 Å². The topological polar surface area (TPSA) is 358 Å². The van der Waals surface area contributed by atoms with Crippen LogP contribution in [-0.4, -0.2) is 210 Å². The first-order chi connectivity index (χ1) is 43.6. The Bertz CT molecular complexity index is 2870. The van der Waals surface area contributed by atoms with Gasteiger partial charge in [0.25, 0.3) is 11.8 Å². The monoisotopic (exact) mass is 1290 g/mol. The summed E-state index contributed by atoms with van der Waals surface area (Å²) in [7, 11) is 5.84. The standard InChI is InChI=1S/C65H96N10O17/c1-13-40(6)57(50(90-11)35-54(80)74-32-17-20-48(74)58(91-12)41(7)59(83)66-31-29-43-18-15-14-16-19-43)73(10)64(88)56(39(4)5)71-63(87)49(36-76)72(9)65(89)92-37-44-21-23-45(24-22-44)68-61(85)46(25-28-55(81)82)70-60(84)42(8)67-62(86)47(34-38(2)3)69-51(77)30-33-75-52(78)26-27-53(75)79/h14-16,18-19,21-24,26-27,38-42,46-50,56-58,76H,13,17,20,25,28-37H2,1-12H3,(H,66,83)(H,67,86)(H,68,85)(H,69,77)(H,70,84)(H,71,87)(H,81,82)/t40-,41+,42-,46-,47+,48-,49-,50+,56-,57-,58+/m0/s1. The minimum atomic E-state index is -1.51. The summed E-state index contributed by atoms with van der Waals surface area (Å²) in [6.07, 6.45) is 1.28. The van der Waals surface area contributed by atoms with Crippen LogP contribution in [0.25, 0.3) is 0 Å². The summed E-state index contributed by atoms with van der Waals surface area (Å²) in [5.41, 5.74) is 1.71. The highest BCUT2D eigenvalue weighted by molar-refractivity contribution is 6.13. The molecule has 1 fully saturated rings. The number of likely N-dealkylation sites (tertiary alicyclic amines) is 1. The number of likely N-dealkylation sites (N-methyl/N-ethyl adjacent to an activating group) is 2. The number of imide groups is 1. The lowest BCUT2D eigenvalue weighted by Gasteiger charge is -2.41. The molecule has 8 N–H and O–H groups in total. The van der Waals surface area contributed by atoms with Crippen molar-refractivity contribution in [2.45, 2.75) is 174 Å². The smallest absolute Gasteiger partial charge is 0.410 e. The quantitative estimate of drug-likeness (QED) is 0.0451. The van der Waals surface area contributed by atoms with Crippen LogP contribution in [0.2, 0.25) is 0 Å². The average molecular weight is 1290 g/mol. The number of hydrogen-bond acceptors (Lipinski definition) is 16. The number of anilines is 1. The van der Waals surface area contributed by atoms with Crippen LogP contribution in [-0.2, 0) is 80.0 Å². The maximum atomic E-state index is 14.6. The summed E-state index contributed by atoms with van der Waals surface area (Å²) in [6, 6.07) is 8.22. The van der Waals surface area contributed by atoms with Crippen LogP contribution in [0.1, 0.15) is 118 Å². The lowest BCUT2D eigenvalue weighted by atomic mass is 9.89. The zero-order valence-electron chi connectivity index (χ0n) is 55.1. The van der Waals surface area contributed by atoms with E-state index < -0.39 is 133 Å². The first kappa shape index (κ1) is 76.2. The van der Waals surface area contributed by atoms with Gasteiger partial charge < -0.3 is 66.1 Å². The van der Waals surface area contributed by atoms with Gasteiger partial charge in [0.1, 0.15) is 36.8 Å². The number of amides is 11. The summed E-state index contributed by atoms with van der Waals surface area (Å²) in [4.78, 5) is 163. The molecule has 11 amide bonds. The predicted octanol–water partition coefficient (Wildman–Crippen LogP) is 2.67. The number of aliphatic carboxylic acids is 1. The van der Waals surface area contributed by atoms with Crippen molar-refractivity contribution in [3.8, 4) is 0 Å². The summed E-state index contributed by atoms with van der Waals surface area (Å²) >= 11 is 0. The number of carboxylic acids is 1.